The fraction of sp³-hybridized carbons (Fsp3) is 0.583. The summed E-state index contributed by atoms with van der Waals surface area (Å²) in [5.74, 6) is 1.63. The first-order valence-electron chi connectivity index (χ1n) is 5.66. The Morgan fingerprint density at radius 2 is 2.18 bits per heavy atom. The van der Waals surface area contributed by atoms with E-state index >= 15 is 0 Å². The van der Waals surface area contributed by atoms with Crippen molar-refractivity contribution in [1.29, 1.82) is 0 Å². The predicted octanol–water partition coefficient (Wildman–Crippen LogP) is 2.95. The van der Waals surface area contributed by atoms with Gasteiger partial charge in [-0.05, 0) is 40.6 Å². The molecule has 0 spiro atoms. The second-order valence-corrected chi connectivity index (χ2v) is 5.63. The molecule has 0 atom stereocenters. The number of hydrogen-bond donors (Lipinski definition) is 1. The summed E-state index contributed by atoms with van der Waals surface area (Å²) >= 11 is 7.84. The van der Waals surface area contributed by atoms with E-state index in [1.54, 1.807) is 12.4 Å². The van der Waals surface area contributed by atoms with E-state index in [1.807, 2.05) is 6.07 Å². The molecule has 3 nitrogen and oxygen atoms in total. The minimum Gasteiger partial charge on any atom is -0.491 e. The van der Waals surface area contributed by atoms with Crippen LogP contribution in [0.5, 0.6) is 5.75 Å². The summed E-state index contributed by atoms with van der Waals surface area (Å²) in [6.07, 6.45) is 5.50. The molecule has 1 aliphatic heterocycles. The minimum absolute atomic E-state index is 0.143. The van der Waals surface area contributed by atoms with Gasteiger partial charge < -0.3 is 9.47 Å². The average molecular weight is 318 g/mol. The van der Waals surface area contributed by atoms with Crippen LogP contribution in [0.3, 0.4) is 0 Å². The second-order valence-electron chi connectivity index (χ2n) is 4.40. The maximum absolute atomic E-state index is 5.82. The summed E-state index contributed by atoms with van der Waals surface area (Å²) in [5, 5.41) is 0. The van der Waals surface area contributed by atoms with Crippen LogP contribution in [0, 0.1) is 5.41 Å². The summed E-state index contributed by atoms with van der Waals surface area (Å²) in [6.45, 7) is 2.29. The molecule has 2 heterocycles. The van der Waals surface area contributed by atoms with Gasteiger partial charge in [-0.3, -0.25) is 4.98 Å². The lowest BCUT2D eigenvalue weighted by Crippen LogP contribution is -2.36. The summed E-state index contributed by atoms with van der Waals surface area (Å²) in [7, 11) is 0. The number of hydrogen-bond acceptors (Lipinski definition) is 4. The van der Waals surface area contributed by atoms with Crippen LogP contribution in [-0.2, 0) is 4.74 Å². The summed E-state index contributed by atoms with van der Waals surface area (Å²) in [5.41, 5.74) is 0.143. The Balaban J connectivity index is 1.95. The Morgan fingerprint density at radius 3 is 2.82 bits per heavy atom. The molecule has 1 aromatic rings. The summed E-state index contributed by atoms with van der Waals surface area (Å²) in [4.78, 5) is 4.08. The first-order chi connectivity index (χ1) is 8.24. The SMILES string of the molecule is SCC1(COc2cncc(Br)c2)CCOCC1. The van der Waals surface area contributed by atoms with Gasteiger partial charge in [-0.25, -0.2) is 0 Å². The number of aromatic nitrogens is 1. The molecule has 0 N–H and O–H groups in total. The molecule has 17 heavy (non-hydrogen) atoms. The van der Waals surface area contributed by atoms with E-state index in [2.05, 4.69) is 33.5 Å². The third-order valence-electron chi connectivity index (χ3n) is 3.11. The Hall–Kier alpha value is -0.260. The molecule has 0 saturated carbocycles. The van der Waals surface area contributed by atoms with Gasteiger partial charge in [0.1, 0.15) is 5.75 Å². The van der Waals surface area contributed by atoms with Crippen LogP contribution in [0.15, 0.2) is 22.9 Å². The fourth-order valence-electron chi connectivity index (χ4n) is 1.86. The quantitative estimate of drug-likeness (QED) is 0.866. The number of ether oxygens (including phenoxy) is 2. The third kappa shape index (κ3) is 3.60. The van der Waals surface area contributed by atoms with Gasteiger partial charge in [0.05, 0.1) is 12.8 Å². The zero-order chi connectivity index (χ0) is 12.1. The van der Waals surface area contributed by atoms with Crippen LogP contribution in [0.2, 0.25) is 0 Å². The summed E-state index contributed by atoms with van der Waals surface area (Å²) in [6, 6.07) is 1.93. The monoisotopic (exact) mass is 317 g/mol. The largest absolute Gasteiger partial charge is 0.491 e. The van der Waals surface area contributed by atoms with E-state index in [-0.39, 0.29) is 5.41 Å². The van der Waals surface area contributed by atoms with E-state index < -0.39 is 0 Å². The first-order valence-corrected chi connectivity index (χ1v) is 7.09. The Labute approximate surface area is 115 Å². The molecule has 1 aliphatic rings. The molecule has 0 amide bonds. The molecular formula is C12H16BrNO2S. The van der Waals surface area contributed by atoms with Gasteiger partial charge in [-0.1, -0.05) is 0 Å². The molecule has 0 unspecified atom stereocenters. The Morgan fingerprint density at radius 1 is 1.41 bits per heavy atom. The van der Waals surface area contributed by atoms with Gasteiger partial charge >= 0.3 is 0 Å². The highest BCUT2D eigenvalue weighted by molar-refractivity contribution is 9.10. The van der Waals surface area contributed by atoms with E-state index in [9.17, 15) is 0 Å². The van der Waals surface area contributed by atoms with Crippen molar-refractivity contribution < 1.29 is 9.47 Å². The summed E-state index contributed by atoms with van der Waals surface area (Å²) < 4.78 is 12.1. The number of pyridine rings is 1. The van der Waals surface area contributed by atoms with Crippen molar-refractivity contribution in [3.63, 3.8) is 0 Å². The highest BCUT2D eigenvalue weighted by Crippen LogP contribution is 2.32. The van der Waals surface area contributed by atoms with Crippen LogP contribution in [0.4, 0.5) is 0 Å². The van der Waals surface area contributed by atoms with Crippen molar-refractivity contribution >= 4 is 28.6 Å². The van der Waals surface area contributed by atoms with Gasteiger partial charge in [0.25, 0.3) is 0 Å². The topological polar surface area (TPSA) is 31.4 Å². The van der Waals surface area contributed by atoms with Crippen molar-refractivity contribution in [2.75, 3.05) is 25.6 Å². The van der Waals surface area contributed by atoms with Crippen LogP contribution >= 0.6 is 28.6 Å². The molecular weight excluding hydrogens is 302 g/mol. The van der Waals surface area contributed by atoms with E-state index in [0.29, 0.717) is 6.61 Å². The Bertz CT molecular complexity index is 369. The van der Waals surface area contributed by atoms with Crippen molar-refractivity contribution in [1.82, 2.24) is 4.98 Å². The first kappa shape index (κ1) is 13.2. The Kier molecular flexibility index (Phi) is 4.70. The smallest absolute Gasteiger partial charge is 0.138 e. The average Bonchev–Trinajstić information content (AvgIpc) is 2.38. The van der Waals surface area contributed by atoms with Crippen LogP contribution in [0.25, 0.3) is 0 Å². The van der Waals surface area contributed by atoms with E-state index in [1.165, 1.54) is 0 Å². The highest BCUT2D eigenvalue weighted by atomic mass is 79.9. The molecule has 0 bridgehead atoms. The van der Waals surface area contributed by atoms with Gasteiger partial charge in [0.2, 0.25) is 0 Å². The minimum atomic E-state index is 0.143. The molecule has 1 fully saturated rings. The van der Waals surface area contributed by atoms with E-state index in [0.717, 1.165) is 42.0 Å². The van der Waals surface area contributed by atoms with Gasteiger partial charge in [-0.2, -0.15) is 12.6 Å². The molecule has 0 aliphatic carbocycles. The number of rotatable bonds is 4. The number of thiol groups is 1. The molecule has 94 valence electrons. The van der Waals surface area contributed by atoms with Gasteiger partial charge in [0.15, 0.2) is 0 Å². The predicted molar refractivity (Wildman–Crippen MR) is 73.8 cm³/mol. The fourth-order valence-corrected chi connectivity index (χ4v) is 2.61. The second kappa shape index (κ2) is 6.07. The lowest BCUT2D eigenvalue weighted by molar-refractivity contribution is 0.00303. The molecule has 0 radical (unpaired) electrons. The van der Waals surface area contributed by atoms with Crippen molar-refractivity contribution in [3.8, 4) is 5.75 Å². The van der Waals surface area contributed by atoms with Crippen LogP contribution < -0.4 is 4.74 Å². The highest BCUT2D eigenvalue weighted by Gasteiger charge is 2.32. The molecule has 2 rings (SSSR count). The van der Waals surface area contributed by atoms with Gasteiger partial charge in [-0.15, -0.1) is 0 Å². The molecule has 0 aromatic carbocycles. The third-order valence-corrected chi connectivity index (χ3v) is 4.22. The number of halogens is 1. The lowest BCUT2D eigenvalue weighted by Gasteiger charge is -2.35. The molecule has 1 aromatic heterocycles. The van der Waals surface area contributed by atoms with Crippen LogP contribution in [-0.4, -0.2) is 30.6 Å². The normalized spacial score (nSPS) is 18.9. The molecule has 1 saturated heterocycles. The van der Waals surface area contributed by atoms with Crippen molar-refractivity contribution in [2.45, 2.75) is 12.8 Å². The zero-order valence-corrected chi connectivity index (χ0v) is 12.0. The lowest BCUT2D eigenvalue weighted by atomic mass is 9.83. The van der Waals surface area contributed by atoms with E-state index in [4.69, 9.17) is 9.47 Å². The zero-order valence-electron chi connectivity index (χ0n) is 9.56. The van der Waals surface area contributed by atoms with Crippen molar-refractivity contribution in [2.24, 2.45) is 5.41 Å². The maximum atomic E-state index is 5.82. The molecule has 5 heteroatoms. The number of nitrogens with zero attached hydrogens (tertiary/aromatic N) is 1. The standard InChI is InChI=1S/C12H16BrNO2S/c13-10-5-11(7-14-6-10)16-8-12(9-17)1-3-15-4-2-12/h5-7,17H,1-4,8-9H2. The van der Waals surface area contributed by atoms with Gasteiger partial charge in [0, 0.05) is 29.3 Å². The van der Waals surface area contributed by atoms with Crippen molar-refractivity contribution in [3.05, 3.63) is 22.9 Å². The van der Waals surface area contributed by atoms with Crippen LogP contribution in [0.1, 0.15) is 12.8 Å². The maximum Gasteiger partial charge on any atom is 0.138 e.